The van der Waals surface area contributed by atoms with E-state index in [0.29, 0.717) is 18.1 Å². The summed E-state index contributed by atoms with van der Waals surface area (Å²) in [7, 11) is 0. The Bertz CT molecular complexity index is 425. The third kappa shape index (κ3) is 2.79. The van der Waals surface area contributed by atoms with Crippen molar-refractivity contribution < 1.29 is 4.74 Å². The van der Waals surface area contributed by atoms with Gasteiger partial charge in [-0.1, -0.05) is 45.9 Å². The number of nitrogens with one attached hydrogen (secondary N) is 1. The first-order valence-electron chi connectivity index (χ1n) is 7.43. The van der Waals surface area contributed by atoms with Crippen molar-refractivity contribution in [1.82, 2.24) is 0 Å². The van der Waals surface area contributed by atoms with E-state index in [2.05, 4.69) is 64.2 Å². The molecule has 2 heteroatoms. The molecular weight excluding hydrogens is 234 g/mol. The molecular formula is C17H27NO. The van der Waals surface area contributed by atoms with Gasteiger partial charge in [-0.05, 0) is 30.9 Å². The lowest BCUT2D eigenvalue weighted by atomic mass is 9.64. The van der Waals surface area contributed by atoms with Crippen LogP contribution in [0.5, 0.6) is 0 Å². The van der Waals surface area contributed by atoms with E-state index in [9.17, 15) is 0 Å². The van der Waals surface area contributed by atoms with Crippen molar-refractivity contribution in [2.24, 2.45) is 5.41 Å². The topological polar surface area (TPSA) is 21.3 Å². The molecule has 0 saturated heterocycles. The van der Waals surface area contributed by atoms with Crippen molar-refractivity contribution in [3.63, 3.8) is 0 Å². The fourth-order valence-corrected chi connectivity index (χ4v) is 2.93. The zero-order valence-electron chi connectivity index (χ0n) is 12.9. The van der Waals surface area contributed by atoms with Crippen LogP contribution >= 0.6 is 0 Å². The first-order chi connectivity index (χ1) is 8.96. The first-order valence-corrected chi connectivity index (χ1v) is 7.43. The molecule has 0 radical (unpaired) electrons. The molecule has 1 aliphatic carbocycles. The number of ether oxygens (including phenoxy) is 1. The number of benzene rings is 1. The molecule has 0 aliphatic heterocycles. The Morgan fingerprint density at radius 1 is 1.32 bits per heavy atom. The molecule has 0 aromatic heterocycles. The highest BCUT2D eigenvalue weighted by molar-refractivity contribution is 5.54. The van der Waals surface area contributed by atoms with Crippen LogP contribution in [-0.2, 0) is 4.74 Å². The van der Waals surface area contributed by atoms with Crippen molar-refractivity contribution in [3.05, 3.63) is 29.8 Å². The van der Waals surface area contributed by atoms with Crippen LogP contribution in [-0.4, -0.2) is 18.8 Å². The molecule has 106 valence electrons. The molecule has 1 aromatic carbocycles. The summed E-state index contributed by atoms with van der Waals surface area (Å²) in [5.74, 6) is 0.551. The predicted octanol–water partition coefficient (Wildman–Crippen LogP) is 4.43. The molecule has 0 amide bonds. The monoisotopic (exact) mass is 261 g/mol. The van der Waals surface area contributed by atoms with Gasteiger partial charge < -0.3 is 10.1 Å². The van der Waals surface area contributed by atoms with Crippen LogP contribution in [0.1, 0.15) is 52.5 Å². The molecule has 2 unspecified atom stereocenters. The van der Waals surface area contributed by atoms with Crippen LogP contribution in [0.25, 0.3) is 0 Å². The molecule has 1 fully saturated rings. The summed E-state index contributed by atoms with van der Waals surface area (Å²) >= 11 is 0. The lowest BCUT2D eigenvalue weighted by Gasteiger charge is -2.52. The van der Waals surface area contributed by atoms with Crippen molar-refractivity contribution >= 4 is 5.69 Å². The maximum Gasteiger partial charge on any atom is 0.0665 e. The summed E-state index contributed by atoms with van der Waals surface area (Å²) in [6, 6.07) is 9.15. The zero-order valence-corrected chi connectivity index (χ0v) is 12.9. The van der Waals surface area contributed by atoms with Crippen molar-refractivity contribution in [2.75, 3.05) is 11.9 Å². The summed E-state index contributed by atoms with van der Waals surface area (Å²) in [6.45, 7) is 12.0. The van der Waals surface area contributed by atoms with Crippen LogP contribution in [0.15, 0.2) is 24.3 Å². The Morgan fingerprint density at radius 3 is 2.58 bits per heavy atom. The Labute approximate surface area is 117 Å². The fraction of sp³-hybridized carbons (Fsp3) is 0.647. The second kappa shape index (κ2) is 5.54. The van der Waals surface area contributed by atoms with Gasteiger partial charge in [0.2, 0.25) is 0 Å². The third-order valence-corrected chi connectivity index (χ3v) is 4.46. The summed E-state index contributed by atoms with van der Waals surface area (Å²) in [4.78, 5) is 0. The molecule has 0 spiro atoms. The van der Waals surface area contributed by atoms with Crippen LogP contribution in [0.3, 0.4) is 0 Å². The molecule has 19 heavy (non-hydrogen) atoms. The standard InChI is InChI=1S/C17H27NO/c1-6-19-16-11-15(17(16,4)5)18-14-10-8-7-9-13(14)12(2)3/h7-10,12,15-16,18H,6,11H2,1-5H3. The number of hydrogen-bond donors (Lipinski definition) is 1. The average Bonchev–Trinajstić information content (AvgIpc) is 2.38. The zero-order chi connectivity index (χ0) is 14.0. The molecule has 1 saturated carbocycles. The second-order valence-corrected chi connectivity index (χ2v) is 6.44. The van der Waals surface area contributed by atoms with E-state index in [4.69, 9.17) is 4.74 Å². The Balaban J connectivity index is 2.07. The van der Waals surface area contributed by atoms with Crippen LogP contribution in [0.2, 0.25) is 0 Å². The van der Waals surface area contributed by atoms with Gasteiger partial charge in [0.1, 0.15) is 0 Å². The molecule has 0 heterocycles. The van der Waals surface area contributed by atoms with Gasteiger partial charge in [0.25, 0.3) is 0 Å². The normalized spacial score (nSPS) is 25.2. The van der Waals surface area contributed by atoms with E-state index in [-0.39, 0.29) is 5.41 Å². The highest BCUT2D eigenvalue weighted by atomic mass is 16.5. The van der Waals surface area contributed by atoms with Gasteiger partial charge in [0.15, 0.2) is 0 Å². The van der Waals surface area contributed by atoms with Gasteiger partial charge in [-0.15, -0.1) is 0 Å². The maximum atomic E-state index is 5.80. The molecule has 2 atom stereocenters. The highest BCUT2D eigenvalue weighted by Gasteiger charge is 2.48. The van der Waals surface area contributed by atoms with E-state index in [1.165, 1.54) is 11.3 Å². The van der Waals surface area contributed by atoms with Crippen LogP contribution in [0, 0.1) is 5.41 Å². The second-order valence-electron chi connectivity index (χ2n) is 6.44. The van der Waals surface area contributed by atoms with Crippen molar-refractivity contribution in [1.29, 1.82) is 0 Å². The van der Waals surface area contributed by atoms with Gasteiger partial charge in [-0.3, -0.25) is 0 Å². The van der Waals surface area contributed by atoms with Gasteiger partial charge in [-0.25, -0.2) is 0 Å². The van der Waals surface area contributed by atoms with E-state index >= 15 is 0 Å². The molecule has 0 bridgehead atoms. The number of anilines is 1. The predicted molar refractivity (Wildman–Crippen MR) is 81.8 cm³/mol. The number of hydrogen-bond acceptors (Lipinski definition) is 2. The largest absolute Gasteiger partial charge is 0.381 e. The maximum absolute atomic E-state index is 5.80. The van der Waals surface area contributed by atoms with Crippen LogP contribution in [0.4, 0.5) is 5.69 Å². The minimum Gasteiger partial charge on any atom is -0.381 e. The lowest BCUT2D eigenvalue weighted by molar-refractivity contribution is -0.0976. The Hall–Kier alpha value is -1.02. The Kier molecular flexibility index (Phi) is 4.19. The van der Waals surface area contributed by atoms with Gasteiger partial charge in [-0.2, -0.15) is 0 Å². The average molecular weight is 261 g/mol. The molecule has 1 aliphatic rings. The summed E-state index contributed by atoms with van der Waals surface area (Å²) in [6.07, 6.45) is 1.49. The summed E-state index contributed by atoms with van der Waals surface area (Å²) in [5, 5.41) is 3.73. The molecule has 2 nitrogen and oxygen atoms in total. The van der Waals surface area contributed by atoms with E-state index in [1.807, 2.05) is 0 Å². The minimum atomic E-state index is 0.208. The van der Waals surface area contributed by atoms with Gasteiger partial charge in [0.05, 0.1) is 6.10 Å². The third-order valence-electron chi connectivity index (χ3n) is 4.46. The van der Waals surface area contributed by atoms with E-state index in [0.717, 1.165) is 13.0 Å². The van der Waals surface area contributed by atoms with E-state index < -0.39 is 0 Å². The van der Waals surface area contributed by atoms with Gasteiger partial charge >= 0.3 is 0 Å². The smallest absolute Gasteiger partial charge is 0.0665 e. The lowest BCUT2D eigenvalue weighted by Crippen LogP contribution is -2.58. The molecule has 2 rings (SSSR count). The van der Waals surface area contributed by atoms with Crippen molar-refractivity contribution in [3.8, 4) is 0 Å². The van der Waals surface area contributed by atoms with Crippen LogP contribution < -0.4 is 5.32 Å². The first kappa shape index (κ1) is 14.4. The SMILES string of the molecule is CCOC1CC(Nc2ccccc2C(C)C)C1(C)C. The van der Waals surface area contributed by atoms with E-state index in [1.54, 1.807) is 0 Å². The minimum absolute atomic E-state index is 0.208. The molecule has 1 N–H and O–H groups in total. The summed E-state index contributed by atoms with van der Waals surface area (Å²) < 4.78 is 5.80. The fourth-order valence-electron chi connectivity index (χ4n) is 2.93. The molecule has 1 aromatic rings. The quantitative estimate of drug-likeness (QED) is 0.847. The Morgan fingerprint density at radius 2 is 2.00 bits per heavy atom. The number of rotatable bonds is 5. The summed E-state index contributed by atoms with van der Waals surface area (Å²) in [5.41, 5.74) is 2.89. The van der Waals surface area contributed by atoms with Gasteiger partial charge in [0, 0.05) is 23.8 Å². The van der Waals surface area contributed by atoms with Crippen molar-refractivity contribution in [2.45, 2.75) is 59.1 Å². The number of para-hydroxylation sites is 1. The highest BCUT2D eigenvalue weighted by Crippen LogP contribution is 2.44.